The Labute approximate surface area is 70.6 Å². The minimum absolute atomic E-state index is 0.801. The van der Waals surface area contributed by atoms with Crippen LogP contribution < -0.4 is 5.32 Å². The van der Waals surface area contributed by atoms with Gasteiger partial charge in [-0.2, -0.15) is 0 Å². The van der Waals surface area contributed by atoms with Gasteiger partial charge in [-0.1, -0.05) is 27.2 Å². The maximum absolute atomic E-state index is 3.59. The smallest absolute Gasteiger partial charge is 0.0119 e. The standard InChI is InChI=1S/C10H21N/c1-4-5-9-6-7-11-10(9)8(2)3/h8-11H,4-7H2,1-3H3/t9-,10?/m0/s1. The summed E-state index contributed by atoms with van der Waals surface area (Å²) in [6, 6.07) is 0.801. The highest BCUT2D eigenvalue weighted by Crippen LogP contribution is 2.25. The van der Waals surface area contributed by atoms with Crippen molar-refractivity contribution in [2.24, 2.45) is 11.8 Å². The second-order valence-corrected chi connectivity index (χ2v) is 4.06. The summed E-state index contributed by atoms with van der Waals surface area (Å²) in [6.45, 7) is 8.18. The van der Waals surface area contributed by atoms with Gasteiger partial charge in [0.25, 0.3) is 0 Å². The van der Waals surface area contributed by atoms with Gasteiger partial charge < -0.3 is 5.32 Å². The molecule has 0 saturated carbocycles. The first-order valence-corrected chi connectivity index (χ1v) is 4.99. The average Bonchev–Trinajstić information content (AvgIpc) is 2.36. The molecule has 0 spiro atoms. The van der Waals surface area contributed by atoms with E-state index in [2.05, 4.69) is 26.1 Å². The van der Waals surface area contributed by atoms with Gasteiger partial charge in [0.05, 0.1) is 0 Å². The molecule has 0 aromatic rings. The van der Waals surface area contributed by atoms with Crippen molar-refractivity contribution < 1.29 is 0 Å². The van der Waals surface area contributed by atoms with E-state index >= 15 is 0 Å². The fourth-order valence-electron chi connectivity index (χ4n) is 2.26. The van der Waals surface area contributed by atoms with Crippen molar-refractivity contribution in [3.8, 4) is 0 Å². The lowest BCUT2D eigenvalue weighted by Crippen LogP contribution is -2.32. The van der Waals surface area contributed by atoms with Gasteiger partial charge in [0, 0.05) is 6.04 Å². The van der Waals surface area contributed by atoms with Gasteiger partial charge in [-0.15, -0.1) is 0 Å². The van der Waals surface area contributed by atoms with E-state index in [9.17, 15) is 0 Å². The lowest BCUT2D eigenvalue weighted by Gasteiger charge is -2.22. The van der Waals surface area contributed by atoms with Gasteiger partial charge in [-0.3, -0.25) is 0 Å². The Balaban J connectivity index is 2.37. The van der Waals surface area contributed by atoms with Gasteiger partial charge in [0.1, 0.15) is 0 Å². The SMILES string of the molecule is CCC[C@H]1CCNC1C(C)C. The summed E-state index contributed by atoms with van der Waals surface area (Å²) in [4.78, 5) is 0. The minimum atomic E-state index is 0.801. The molecule has 1 aliphatic heterocycles. The molecule has 1 fully saturated rings. The molecule has 0 amide bonds. The number of hydrogen-bond donors (Lipinski definition) is 1. The molecule has 0 radical (unpaired) electrons. The summed E-state index contributed by atoms with van der Waals surface area (Å²) < 4.78 is 0. The molecule has 2 atom stereocenters. The number of rotatable bonds is 3. The lowest BCUT2D eigenvalue weighted by molar-refractivity contribution is 0.336. The van der Waals surface area contributed by atoms with Crippen LogP contribution in [-0.2, 0) is 0 Å². The summed E-state index contributed by atoms with van der Waals surface area (Å²) in [5.41, 5.74) is 0. The van der Waals surface area contributed by atoms with E-state index in [4.69, 9.17) is 0 Å². The van der Waals surface area contributed by atoms with Gasteiger partial charge in [0.2, 0.25) is 0 Å². The summed E-state index contributed by atoms with van der Waals surface area (Å²) in [7, 11) is 0. The van der Waals surface area contributed by atoms with Crippen LogP contribution in [0.2, 0.25) is 0 Å². The number of nitrogens with one attached hydrogen (secondary N) is 1. The fraction of sp³-hybridized carbons (Fsp3) is 1.00. The topological polar surface area (TPSA) is 12.0 Å². The highest BCUT2D eigenvalue weighted by atomic mass is 15.0. The third-order valence-electron chi connectivity index (χ3n) is 2.78. The second-order valence-electron chi connectivity index (χ2n) is 4.06. The van der Waals surface area contributed by atoms with Crippen LogP contribution in [0.3, 0.4) is 0 Å². The molecule has 66 valence electrons. The predicted molar refractivity (Wildman–Crippen MR) is 49.6 cm³/mol. The monoisotopic (exact) mass is 155 g/mol. The van der Waals surface area contributed by atoms with E-state index in [1.54, 1.807) is 0 Å². The predicted octanol–water partition coefficient (Wildman–Crippen LogP) is 2.42. The van der Waals surface area contributed by atoms with E-state index in [1.807, 2.05) is 0 Å². The summed E-state index contributed by atoms with van der Waals surface area (Å²) in [5.74, 6) is 1.77. The van der Waals surface area contributed by atoms with Crippen molar-refractivity contribution in [2.45, 2.75) is 46.1 Å². The molecule has 0 aromatic carbocycles. The highest BCUT2D eigenvalue weighted by molar-refractivity contribution is 4.85. The molecular formula is C10H21N. The Kier molecular flexibility index (Phi) is 3.38. The first-order valence-electron chi connectivity index (χ1n) is 4.99. The number of hydrogen-bond acceptors (Lipinski definition) is 1. The van der Waals surface area contributed by atoms with Crippen molar-refractivity contribution in [1.29, 1.82) is 0 Å². The molecule has 1 saturated heterocycles. The molecule has 1 rings (SSSR count). The second kappa shape index (κ2) is 4.10. The minimum Gasteiger partial charge on any atom is -0.313 e. The lowest BCUT2D eigenvalue weighted by atomic mass is 9.88. The van der Waals surface area contributed by atoms with Crippen molar-refractivity contribution in [3.63, 3.8) is 0 Å². The van der Waals surface area contributed by atoms with Crippen molar-refractivity contribution in [2.75, 3.05) is 6.54 Å². The Hall–Kier alpha value is -0.0400. The summed E-state index contributed by atoms with van der Waals surface area (Å²) in [5, 5.41) is 3.59. The van der Waals surface area contributed by atoms with Crippen LogP contribution in [0, 0.1) is 11.8 Å². The molecule has 0 aromatic heterocycles. The maximum Gasteiger partial charge on any atom is 0.0119 e. The Bertz CT molecular complexity index is 109. The molecule has 1 nitrogen and oxygen atoms in total. The molecule has 1 aliphatic rings. The quantitative estimate of drug-likeness (QED) is 0.660. The zero-order chi connectivity index (χ0) is 8.27. The van der Waals surface area contributed by atoms with Crippen LogP contribution in [-0.4, -0.2) is 12.6 Å². The van der Waals surface area contributed by atoms with Gasteiger partial charge in [0.15, 0.2) is 0 Å². The van der Waals surface area contributed by atoms with E-state index in [1.165, 1.54) is 25.8 Å². The summed E-state index contributed by atoms with van der Waals surface area (Å²) >= 11 is 0. The summed E-state index contributed by atoms with van der Waals surface area (Å²) in [6.07, 6.45) is 4.15. The van der Waals surface area contributed by atoms with Gasteiger partial charge >= 0.3 is 0 Å². The molecule has 0 aliphatic carbocycles. The van der Waals surface area contributed by atoms with E-state index in [-0.39, 0.29) is 0 Å². The molecule has 1 heterocycles. The first kappa shape index (κ1) is 9.05. The Morgan fingerprint density at radius 1 is 1.45 bits per heavy atom. The average molecular weight is 155 g/mol. The maximum atomic E-state index is 3.59. The molecule has 1 heteroatoms. The van der Waals surface area contributed by atoms with Gasteiger partial charge in [-0.05, 0) is 31.2 Å². The largest absolute Gasteiger partial charge is 0.313 e. The van der Waals surface area contributed by atoms with Crippen LogP contribution in [0.25, 0.3) is 0 Å². The molecule has 1 N–H and O–H groups in total. The van der Waals surface area contributed by atoms with Crippen molar-refractivity contribution >= 4 is 0 Å². The van der Waals surface area contributed by atoms with Crippen LogP contribution in [0.15, 0.2) is 0 Å². The van der Waals surface area contributed by atoms with E-state index < -0.39 is 0 Å². The van der Waals surface area contributed by atoms with E-state index in [0.717, 1.165) is 17.9 Å². The van der Waals surface area contributed by atoms with Crippen LogP contribution in [0.1, 0.15) is 40.0 Å². The van der Waals surface area contributed by atoms with Crippen LogP contribution >= 0.6 is 0 Å². The Morgan fingerprint density at radius 3 is 2.73 bits per heavy atom. The third kappa shape index (κ3) is 2.19. The highest BCUT2D eigenvalue weighted by Gasteiger charge is 2.27. The first-order chi connectivity index (χ1) is 5.25. The van der Waals surface area contributed by atoms with Crippen molar-refractivity contribution in [3.05, 3.63) is 0 Å². The zero-order valence-corrected chi connectivity index (χ0v) is 8.06. The zero-order valence-electron chi connectivity index (χ0n) is 8.06. The normalized spacial score (nSPS) is 31.6. The van der Waals surface area contributed by atoms with Crippen molar-refractivity contribution in [1.82, 2.24) is 5.32 Å². The molecule has 0 bridgehead atoms. The molecule has 11 heavy (non-hydrogen) atoms. The van der Waals surface area contributed by atoms with Crippen LogP contribution in [0.5, 0.6) is 0 Å². The molecular weight excluding hydrogens is 134 g/mol. The molecule has 1 unspecified atom stereocenters. The Morgan fingerprint density at radius 2 is 2.18 bits per heavy atom. The van der Waals surface area contributed by atoms with Crippen LogP contribution in [0.4, 0.5) is 0 Å². The third-order valence-corrected chi connectivity index (χ3v) is 2.78. The fourth-order valence-corrected chi connectivity index (χ4v) is 2.26. The van der Waals surface area contributed by atoms with Gasteiger partial charge in [-0.25, -0.2) is 0 Å². The van der Waals surface area contributed by atoms with E-state index in [0.29, 0.717) is 0 Å².